The molecule has 132 valence electrons. The summed E-state index contributed by atoms with van der Waals surface area (Å²) in [5.74, 6) is -0.736. The van der Waals surface area contributed by atoms with Gasteiger partial charge in [0.2, 0.25) is 5.91 Å². The lowest BCUT2D eigenvalue weighted by Crippen LogP contribution is -2.29. The number of benzene rings is 1. The number of amides is 1. The predicted molar refractivity (Wildman–Crippen MR) is 95.4 cm³/mol. The van der Waals surface area contributed by atoms with E-state index in [0.717, 1.165) is 4.88 Å². The van der Waals surface area contributed by atoms with Gasteiger partial charge in [-0.25, -0.2) is 0 Å². The topological polar surface area (TPSA) is 20.3 Å². The summed E-state index contributed by atoms with van der Waals surface area (Å²) in [6, 6.07) is 10.7. The number of hydrogen-bond acceptors (Lipinski definition) is 2. The van der Waals surface area contributed by atoms with Crippen molar-refractivity contribution in [2.24, 2.45) is 0 Å². The third-order valence-electron chi connectivity index (χ3n) is 3.29. The van der Waals surface area contributed by atoms with Crippen LogP contribution in [-0.4, -0.2) is 23.5 Å². The standard InChI is InChI=1S/C18H15ClF3NOS/c1-2-10-23(12-14-8-9-16(19)25-14)17(24)11-15(18(20,21)22)13-6-4-3-5-7-13/h2-9,11H,1,10,12H2/b15-11+. The molecule has 2 nitrogen and oxygen atoms in total. The Morgan fingerprint density at radius 1 is 1.20 bits per heavy atom. The van der Waals surface area contributed by atoms with E-state index in [4.69, 9.17) is 11.6 Å². The van der Waals surface area contributed by atoms with Crippen LogP contribution in [0.3, 0.4) is 0 Å². The van der Waals surface area contributed by atoms with Crippen LogP contribution in [0.4, 0.5) is 13.2 Å². The summed E-state index contributed by atoms with van der Waals surface area (Å²) in [5, 5.41) is 0. The zero-order valence-corrected chi connectivity index (χ0v) is 14.7. The fourth-order valence-corrected chi connectivity index (χ4v) is 3.28. The molecule has 0 fully saturated rings. The molecular weight excluding hydrogens is 371 g/mol. The Morgan fingerprint density at radius 3 is 2.40 bits per heavy atom. The summed E-state index contributed by atoms with van der Waals surface area (Å²) in [7, 11) is 0. The largest absolute Gasteiger partial charge is 0.417 e. The van der Waals surface area contributed by atoms with Crippen LogP contribution in [0.2, 0.25) is 4.34 Å². The number of halogens is 4. The van der Waals surface area contributed by atoms with Crippen LogP contribution in [0.1, 0.15) is 10.4 Å². The van der Waals surface area contributed by atoms with Gasteiger partial charge in [-0.2, -0.15) is 13.2 Å². The Labute approximate surface area is 152 Å². The molecule has 2 rings (SSSR count). The minimum Gasteiger partial charge on any atom is -0.330 e. The third-order valence-corrected chi connectivity index (χ3v) is 4.51. The predicted octanol–water partition coefficient (Wildman–Crippen LogP) is 5.56. The molecule has 0 unspecified atom stereocenters. The van der Waals surface area contributed by atoms with E-state index in [0.29, 0.717) is 10.4 Å². The SMILES string of the molecule is C=CCN(Cc1ccc(Cl)s1)C(=O)/C=C(\c1ccccc1)C(F)(F)F. The molecule has 1 heterocycles. The molecule has 0 saturated carbocycles. The number of alkyl halides is 3. The first kappa shape index (κ1) is 19.3. The summed E-state index contributed by atoms with van der Waals surface area (Å²) in [6.07, 6.45) is -2.53. The van der Waals surface area contributed by atoms with Gasteiger partial charge in [-0.05, 0) is 17.7 Å². The van der Waals surface area contributed by atoms with Crippen molar-refractivity contribution in [1.29, 1.82) is 0 Å². The van der Waals surface area contributed by atoms with Crippen molar-refractivity contribution in [3.63, 3.8) is 0 Å². The average molecular weight is 386 g/mol. The van der Waals surface area contributed by atoms with Gasteiger partial charge in [0.15, 0.2) is 0 Å². The van der Waals surface area contributed by atoms with E-state index in [1.54, 1.807) is 18.2 Å². The van der Waals surface area contributed by atoms with Crippen molar-refractivity contribution < 1.29 is 18.0 Å². The Kier molecular flexibility index (Phi) is 6.45. The molecule has 1 amide bonds. The molecule has 0 aliphatic heterocycles. The Hall–Kier alpha value is -2.05. The van der Waals surface area contributed by atoms with E-state index in [2.05, 4.69) is 6.58 Å². The van der Waals surface area contributed by atoms with Gasteiger partial charge in [0.05, 0.1) is 16.5 Å². The molecule has 0 bridgehead atoms. The maximum absolute atomic E-state index is 13.4. The van der Waals surface area contributed by atoms with Crippen molar-refractivity contribution in [2.75, 3.05) is 6.54 Å². The van der Waals surface area contributed by atoms with Gasteiger partial charge in [0.25, 0.3) is 0 Å². The van der Waals surface area contributed by atoms with E-state index < -0.39 is 17.7 Å². The van der Waals surface area contributed by atoms with Gasteiger partial charge in [-0.3, -0.25) is 4.79 Å². The summed E-state index contributed by atoms with van der Waals surface area (Å²) in [6.45, 7) is 3.85. The molecule has 1 aromatic heterocycles. The molecule has 0 saturated heterocycles. The minimum absolute atomic E-state index is 0.0546. The zero-order valence-electron chi connectivity index (χ0n) is 13.1. The second kappa shape index (κ2) is 8.36. The highest BCUT2D eigenvalue weighted by Gasteiger charge is 2.35. The fourth-order valence-electron chi connectivity index (χ4n) is 2.17. The van der Waals surface area contributed by atoms with Crippen molar-refractivity contribution in [3.05, 3.63) is 76.0 Å². The van der Waals surface area contributed by atoms with Crippen LogP contribution in [0.5, 0.6) is 0 Å². The highest BCUT2D eigenvalue weighted by molar-refractivity contribution is 7.16. The highest BCUT2D eigenvalue weighted by atomic mass is 35.5. The maximum atomic E-state index is 13.4. The lowest BCUT2D eigenvalue weighted by molar-refractivity contribution is -0.126. The molecule has 0 N–H and O–H groups in total. The van der Waals surface area contributed by atoms with Crippen molar-refractivity contribution >= 4 is 34.4 Å². The van der Waals surface area contributed by atoms with Gasteiger partial charge in [0.1, 0.15) is 0 Å². The molecule has 0 spiro atoms. The molecule has 2 aromatic rings. The first-order chi connectivity index (χ1) is 11.8. The van der Waals surface area contributed by atoms with Crippen LogP contribution >= 0.6 is 22.9 Å². The number of carbonyl (C=O) groups excluding carboxylic acids is 1. The minimum atomic E-state index is -4.64. The second-order valence-electron chi connectivity index (χ2n) is 5.14. The second-order valence-corrected chi connectivity index (χ2v) is 6.93. The molecule has 7 heteroatoms. The maximum Gasteiger partial charge on any atom is 0.417 e. The molecule has 0 aliphatic rings. The van der Waals surface area contributed by atoms with Crippen LogP contribution in [-0.2, 0) is 11.3 Å². The summed E-state index contributed by atoms with van der Waals surface area (Å²) in [4.78, 5) is 14.5. The van der Waals surface area contributed by atoms with Crippen molar-refractivity contribution in [2.45, 2.75) is 12.7 Å². The molecular formula is C18H15ClF3NOS. The molecule has 1 aromatic carbocycles. The lowest BCUT2D eigenvalue weighted by Gasteiger charge is -2.20. The number of carbonyl (C=O) groups is 1. The normalized spacial score (nSPS) is 12.1. The number of hydrogen-bond donors (Lipinski definition) is 0. The van der Waals surface area contributed by atoms with Gasteiger partial charge in [0, 0.05) is 17.5 Å². The summed E-state index contributed by atoms with van der Waals surface area (Å²) >= 11 is 7.13. The van der Waals surface area contributed by atoms with Crippen LogP contribution in [0.25, 0.3) is 5.57 Å². The highest BCUT2D eigenvalue weighted by Crippen LogP contribution is 2.34. The van der Waals surface area contributed by atoms with E-state index >= 15 is 0 Å². The van der Waals surface area contributed by atoms with Gasteiger partial charge in [-0.1, -0.05) is 48.0 Å². The summed E-state index contributed by atoms with van der Waals surface area (Å²) in [5.41, 5.74) is -1.03. The summed E-state index contributed by atoms with van der Waals surface area (Å²) < 4.78 is 40.7. The lowest BCUT2D eigenvalue weighted by atomic mass is 10.0. The zero-order chi connectivity index (χ0) is 18.4. The van der Waals surface area contributed by atoms with E-state index in [1.165, 1.54) is 46.6 Å². The molecule has 0 atom stereocenters. The van der Waals surface area contributed by atoms with Crippen LogP contribution in [0.15, 0.2) is 61.2 Å². The van der Waals surface area contributed by atoms with Gasteiger partial charge < -0.3 is 4.90 Å². The first-order valence-electron chi connectivity index (χ1n) is 7.29. The van der Waals surface area contributed by atoms with Gasteiger partial charge >= 0.3 is 6.18 Å². The van der Waals surface area contributed by atoms with Crippen LogP contribution < -0.4 is 0 Å². The van der Waals surface area contributed by atoms with E-state index in [9.17, 15) is 18.0 Å². The monoisotopic (exact) mass is 385 g/mol. The fraction of sp³-hybridized carbons (Fsp3) is 0.167. The average Bonchev–Trinajstić information content (AvgIpc) is 2.97. The Bertz CT molecular complexity index is 768. The Morgan fingerprint density at radius 2 is 1.88 bits per heavy atom. The number of rotatable bonds is 6. The van der Waals surface area contributed by atoms with Crippen molar-refractivity contribution in [1.82, 2.24) is 4.90 Å². The van der Waals surface area contributed by atoms with Crippen LogP contribution in [0, 0.1) is 0 Å². The number of allylic oxidation sites excluding steroid dienone is 1. The van der Waals surface area contributed by atoms with Crippen molar-refractivity contribution in [3.8, 4) is 0 Å². The third kappa shape index (κ3) is 5.47. The quantitative estimate of drug-likeness (QED) is 0.470. The van der Waals surface area contributed by atoms with E-state index in [1.807, 2.05) is 0 Å². The molecule has 0 aliphatic carbocycles. The Balaban J connectivity index is 2.31. The molecule has 25 heavy (non-hydrogen) atoms. The number of nitrogens with zero attached hydrogens (tertiary/aromatic N) is 1. The smallest absolute Gasteiger partial charge is 0.330 e. The van der Waals surface area contributed by atoms with Gasteiger partial charge in [-0.15, -0.1) is 17.9 Å². The molecule has 0 radical (unpaired) electrons. The number of thiophene rings is 1. The van der Waals surface area contributed by atoms with E-state index in [-0.39, 0.29) is 18.7 Å². The first-order valence-corrected chi connectivity index (χ1v) is 8.49.